The Morgan fingerprint density at radius 1 is 1.03 bits per heavy atom. The number of para-hydroxylation sites is 2. The van der Waals surface area contributed by atoms with Crippen molar-refractivity contribution in [3.05, 3.63) is 83.9 Å². The monoisotopic (exact) mass is 495 g/mol. The van der Waals surface area contributed by atoms with E-state index in [0.29, 0.717) is 27.3 Å². The van der Waals surface area contributed by atoms with Crippen LogP contribution in [0.25, 0.3) is 17.1 Å². The summed E-state index contributed by atoms with van der Waals surface area (Å²) < 4.78 is 30.4. The molecule has 1 aromatic heterocycles. The van der Waals surface area contributed by atoms with Crippen LogP contribution < -0.4 is 4.72 Å². The summed E-state index contributed by atoms with van der Waals surface area (Å²) in [5, 5.41) is 18.3. The Balaban J connectivity index is 1.77. The van der Waals surface area contributed by atoms with E-state index in [1.807, 2.05) is 34.9 Å². The molecular weight excluding hydrogens is 478 g/mol. The molecule has 166 valence electrons. The van der Waals surface area contributed by atoms with Crippen LogP contribution >= 0.6 is 23.4 Å². The van der Waals surface area contributed by atoms with E-state index in [1.165, 1.54) is 23.9 Å². The SMILES string of the molecule is C[C@H](C#N)Sc1nnc(-c2cccc(S(=O)(=O)Nc3ccccc3Cl)c2)n1-c1ccccc1. The number of thioether (sulfide) groups is 1. The summed E-state index contributed by atoms with van der Waals surface area (Å²) >= 11 is 7.39. The molecule has 0 aliphatic rings. The molecule has 0 saturated carbocycles. The molecule has 0 amide bonds. The third-order valence-corrected chi connectivity index (χ3v) is 7.26. The molecule has 0 fully saturated rings. The molecule has 0 spiro atoms. The molecule has 1 N–H and O–H groups in total. The quantitative estimate of drug-likeness (QED) is 0.345. The molecule has 7 nitrogen and oxygen atoms in total. The fourth-order valence-corrected chi connectivity index (χ4v) is 5.20. The topological polar surface area (TPSA) is 101 Å². The van der Waals surface area contributed by atoms with Crippen molar-refractivity contribution in [1.29, 1.82) is 5.26 Å². The molecule has 0 aliphatic heterocycles. The highest BCUT2D eigenvalue weighted by molar-refractivity contribution is 8.00. The number of aromatic nitrogens is 3. The van der Waals surface area contributed by atoms with Gasteiger partial charge < -0.3 is 0 Å². The van der Waals surface area contributed by atoms with E-state index in [9.17, 15) is 13.7 Å². The van der Waals surface area contributed by atoms with Crippen molar-refractivity contribution >= 4 is 39.1 Å². The minimum atomic E-state index is -3.90. The summed E-state index contributed by atoms with van der Waals surface area (Å²) in [5.41, 5.74) is 1.65. The number of anilines is 1. The second-order valence-electron chi connectivity index (χ2n) is 6.98. The highest BCUT2D eigenvalue weighted by Crippen LogP contribution is 2.31. The number of halogens is 1. The summed E-state index contributed by atoms with van der Waals surface area (Å²) in [6.07, 6.45) is 0. The lowest BCUT2D eigenvalue weighted by Gasteiger charge is -2.12. The van der Waals surface area contributed by atoms with Crippen molar-refractivity contribution in [1.82, 2.24) is 14.8 Å². The second kappa shape index (κ2) is 9.67. The van der Waals surface area contributed by atoms with Gasteiger partial charge in [-0.1, -0.05) is 65.8 Å². The Labute approximate surface area is 201 Å². The fraction of sp³-hybridized carbons (Fsp3) is 0.0870. The van der Waals surface area contributed by atoms with Crippen molar-refractivity contribution in [2.24, 2.45) is 0 Å². The molecule has 0 radical (unpaired) electrons. The van der Waals surface area contributed by atoms with E-state index in [4.69, 9.17) is 11.6 Å². The Hall–Kier alpha value is -3.32. The molecule has 0 bridgehead atoms. The number of hydrogen-bond acceptors (Lipinski definition) is 6. The zero-order valence-corrected chi connectivity index (χ0v) is 19.8. The van der Waals surface area contributed by atoms with Crippen LogP contribution in [0.1, 0.15) is 6.92 Å². The molecular formula is C23H18ClN5O2S2. The van der Waals surface area contributed by atoms with Crippen LogP contribution in [0.5, 0.6) is 0 Å². The predicted octanol–water partition coefficient (Wildman–Crippen LogP) is 5.39. The molecule has 3 aromatic carbocycles. The smallest absolute Gasteiger partial charge is 0.261 e. The Bertz CT molecular complexity index is 1430. The van der Waals surface area contributed by atoms with Crippen LogP contribution in [0.4, 0.5) is 5.69 Å². The van der Waals surface area contributed by atoms with Gasteiger partial charge in [-0.2, -0.15) is 5.26 Å². The normalized spacial score (nSPS) is 12.2. The first-order valence-electron chi connectivity index (χ1n) is 9.84. The van der Waals surface area contributed by atoms with Gasteiger partial charge in [0.15, 0.2) is 11.0 Å². The highest BCUT2D eigenvalue weighted by atomic mass is 35.5. The Morgan fingerprint density at radius 3 is 2.48 bits per heavy atom. The van der Waals surface area contributed by atoms with Gasteiger partial charge in [0.2, 0.25) is 0 Å². The van der Waals surface area contributed by atoms with E-state index in [0.717, 1.165) is 5.69 Å². The first-order valence-corrected chi connectivity index (χ1v) is 12.6. The summed E-state index contributed by atoms with van der Waals surface area (Å²) in [6, 6.07) is 24.7. The van der Waals surface area contributed by atoms with Gasteiger partial charge in [0.25, 0.3) is 10.0 Å². The third-order valence-electron chi connectivity index (χ3n) is 4.63. The van der Waals surface area contributed by atoms with Crippen LogP contribution in [-0.4, -0.2) is 28.4 Å². The van der Waals surface area contributed by atoms with Gasteiger partial charge >= 0.3 is 0 Å². The maximum atomic E-state index is 13.0. The maximum absolute atomic E-state index is 13.0. The van der Waals surface area contributed by atoms with E-state index < -0.39 is 10.0 Å². The number of benzene rings is 3. The number of hydrogen-bond donors (Lipinski definition) is 1. The van der Waals surface area contributed by atoms with Crippen LogP contribution in [0.2, 0.25) is 5.02 Å². The molecule has 0 aliphatic carbocycles. The van der Waals surface area contributed by atoms with E-state index in [-0.39, 0.29) is 10.1 Å². The number of nitriles is 1. The van der Waals surface area contributed by atoms with Crippen molar-refractivity contribution in [2.75, 3.05) is 4.72 Å². The van der Waals surface area contributed by atoms with Gasteiger partial charge in [0, 0.05) is 11.3 Å². The van der Waals surface area contributed by atoms with E-state index in [1.54, 1.807) is 43.3 Å². The zero-order chi connectivity index (χ0) is 23.4. The summed E-state index contributed by atoms with van der Waals surface area (Å²) in [6.45, 7) is 1.78. The average molecular weight is 496 g/mol. The van der Waals surface area contributed by atoms with E-state index in [2.05, 4.69) is 21.0 Å². The van der Waals surface area contributed by atoms with Crippen LogP contribution in [-0.2, 0) is 10.0 Å². The van der Waals surface area contributed by atoms with E-state index >= 15 is 0 Å². The Morgan fingerprint density at radius 2 is 1.76 bits per heavy atom. The minimum absolute atomic E-state index is 0.0575. The van der Waals surface area contributed by atoms with Crippen LogP contribution in [0.3, 0.4) is 0 Å². The predicted molar refractivity (Wildman–Crippen MR) is 130 cm³/mol. The van der Waals surface area contributed by atoms with Gasteiger partial charge in [-0.15, -0.1) is 10.2 Å². The second-order valence-corrected chi connectivity index (χ2v) is 10.4. The maximum Gasteiger partial charge on any atom is 0.261 e. The first kappa shape index (κ1) is 22.9. The van der Waals surface area contributed by atoms with Crippen molar-refractivity contribution in [3.8, 4) is 23.1 Å². The molecule has 0 unspecified atom stereocenters. The van der Waals surface area contributed by atoms with Gasteiger partial charge in [-0.05, 0) is 43.3 Å². The van der Waals surface area contributed by atoms with Crippen molar-refractivity contribution in [2.45, 2.75) is 22.2 Å². The summed E-state index contributed by atoms with van der Waals surface area (Å²) in [7, 11) is -3.90. The Kier molecular flexibility index (Phi) is 6.70. The van der Waals surface area contributed by atoms with Crippen molar-refractivity contribution < 1.29 is 8.42 Å². The minimum Gasteiger partial charge on any atom is -0.278 e. The summed E-state index contributed by atoms with van der Waals surface area (Å²) in [4.78, 5) is 0.0575. The first-order chi connectivity index (χ1) is 15.9. The average Bonchev–Trinajstić information content (AvgIpc) is 3.24. The lowest BCUT2D eigenvalue weighted by molar-refractivity contribution is 0.601. The van der Waals surface area contributed by atoms with Gasteiger partial charge in [-0.25, -0.2) is 8.42 Å². The molecule has 10 heteroatoms. The van der Waals surface area contributed by atoms with Gasteiger partial charge in [-0.3, -0.25) is 9.29 Å². The third kappa shape index (κ3) is 5.03. The fourth-order valence-electron chi connectivity index (χ4n) is 3.08. The molecule has 0 saturated heterocycles. The van der Waals surface area contributed by atoms with Crippen LogP contribution in [0, 0.1) is 11.3 Å². The zero-order valence-electron chi connectivity index (χ0n) is 17.4. The van der Waals surface area contributed by atoms with Gasteiger partial charge in [0.05, 0.1) is 26.9 Å². The lowest BCUT2D eigenvalue weighted by Crippen LogP contribution is -2.13. The van der Waals surface area contributed by atoms with Gasteiger partial charge in [0.1, 0.15) is 0 Å². The molecule has 1 atom stereocenters. The lowest BCUT2D eigenvalue weighted by atomic mass is 10.2. The summed E-state index contributed by atoms with van der Waals surface area (Å²) in [5.74, 6) is 0.462. The largest absolute Gasteiger partial charge is 0.278 e. The number of sulfonamides is 1. The molecule has 33 heavy (non-hydrogen) atoms. The number of rotatable bonds is 7. The van der Waals surface area contributed by atoms with Crippen molar-refractivity contribution in [3.63, 3.8) is 0 Å². The highest BCUT2D eigenvalue weighted by Gasteiger charge is 2.21. The standard InChI is InChI=1S/C23H18ClN5O2S2/c1-16(15-25)32-23-27-26-22(29(23)18-9-3-2-4-10-18)17-8-7-11-19(14-17)33(30,31)28-21-13-6-5-12-20(21)24/h2-14,16,28H,1H3/t16-/m1/s1. The molecule has 1 heterocycles. The molecule has 4 aromatic rings. The van der Waals surface area contributed by atoms with Crippen LogP contribution in [0.15, 0.2) is 88.9 Å². The molecule has 4 rings (SSSR count). The number of nitrogens with zero attached hydrogens (tertiary/aromatic N) is 4. The number of nitrogens with one attached hydrogen (secondary N) is 1.